The molecular formula is C9H15N2O3. The predicted octanol–water partition coefficient (Wildman–Crippen LogP) is 0.238. The topological polar surface area (TPSA) is 69.3 Å². The van der Waals surface area contributed by atoms with Crippen LogP contribution in [0.2, 0.25) is 0 Å². The van der Waals surface area contributed by atoms with Crippen molar-refractivity contribution in [2.45, 2.75) is 45.2 Å². The molecular weight excluding hydrogens is 184 g/mol. The van der Waals surface area contributed by atoms with Crippen LogP contribution < -0.4 is 5.32 Å². The largest absolute Gasteiger partial charge is 0.295 e. The van der Waals surface area contributed by atoms with Gasteiger partial charge in [-0.05, 0) is 27.7 Å². The van der Waals surface area contributed by atoms with E-state index in [1.165, 1.54) is 13.8 Å². The lowest BCUT2D eigenvalue weighted by Crippen LogP contribution is -2.56. The summed E-state index contributed by atoms with van der Waals surface area (Å²) in [6, 6.07) is 0. The molecule has 0 aliphatic carbocycles. The molecule has 79 valence electrons. The molecule has 2 amide bonds. The van der Waals surface area contributed by atoms with E-state index in [0.29, 0.717) is 5.06 Å². The molecule has 0 unspecified atom stereocenters. The van der Waals surface area contributed by atoms with Crippen molar-refractivity contribution in [2.75, 3.05) is 0 Å². The second kappa shape index (κ2) is 3.03. The zero-order valence-electron chi connectivity index (χ0n) is 8.88. The van der Waals surface area contributed by atoms with Gasteiger partial charge >= 0.3 is 0 Å². The lowest BCUT2D eigenvalue weighted by molar-refractivity contribution is -0.261. The number of hydrogen-bond acceptors (Lipinski definition) is 3. The van der Waals surface area contributed by atoms with Gasteiger partial charge < -0.3 is 0 Å². The number of amides is 2. The van der Waals surface area contributed by atoms with Crippen molar-refractivity contribution in [1.82, 2.24) is 10.4 Å². The third-order valence-corrected chi connectivity index (χ3v) is 2.46. The molecule has 5 heteroatoms. The fourth-order valence-electron chi connectivity index (χ4n) is 1.64. The highest BCUT2D eigenvalue weighted by molar-refractivity contribution is 6.00. The van der Waals surface area contributed by atoms with Crippen LogP contribution in [0.15, 0.2) is 0 Å². The van der Waals surface area contributed by atoms with Gasteiger partial charge in [0.2, 0.25) is 11.8 Å². The summed E-state index contributed by atoms with van der Waals surface area (Å²) in [5.41, 5.74) is -2.05. The van der Waals surface area contributed by atoms with Crippen molar-refractivity contribution < 1.29 is 14.8 Å². The average Bonchev–Trinajstić information content (AvgIpc) is 2.03. The van der Waals surface area contributed by atoms with Crippen molar-refractivity contribution in [3.63, 3.8) is 0 Å². The zero-order chi connectivity index (χ0) is 11.1. The first-order chi connectivity index (χ1) is 6.18. The number of carbonyl (C=O) groups excluding carboxylic acids is 2. The molecule has 0 aromatic heterocycles. The van der Waals surface area contributed by atoms with Crippen LogP contribution >= 0.6 is 0 Å². The maximum atomic E-state index is 11.8. The molecule has 5 nitrogen and oxygen atoms in total. The number of imide groups is 1. The van der Waals surface area contributed by atoms with E-state index in [4.69, 9.17) is 0 Å². The van der Waals surface area contributed by atoms with E-state index in [0.717, 1.165) is 0 Å². The normalized spacial score (nSPS) is 26.9. The van der Waals surface area contributed by atoms with Crippen molar-refractivity contribution in [3.05, 3.63) is 0 Å². The highest BCUT2D eigenvalue weighted by Crippen LogP contribution is 2.28. The van der Waals surface area contributed by atoms with Crippen LogP contribution in [0.5, 0.6) is 0 Å². The minimum atomic E-state index is -1.20. The third kappa shape index (κ3) is 1.65. The van der Waals surface area contributed by atoms with Crippen LogP contribution in [0.3, 0.4) is 0 Å². The lowest BCUT2D eigenvalue weighted by atomic mass is 9.95. The van der Waals surface area contributed by atoms with Crippen LogP contribution in [0.4, 0.5) is 0 Å². The highest BCUT2D eigenvalue weighted by Gasteiger charge is 2.47. The standard InChI is InChI=1S/C9H15N2O3/c1-8(2)5-6(12)10-7(13)9(3,4)11(8)14/h5H2,1-4H3,(H,10,12,13). The van der Waals surface area contributed by atoms with Gasteiger partial charge in [-0.25, -0.2) is 0 Å². The number of carbonyl (C=O) groups is 2. The fraction of sp³-hybridized carbons (Fsp3) is 0.778. The van der Waals surface area contributed by atoms with Gasteiger partial charge in [0.05, 0.1) is 5.54 Å². The fourth-order valence-corrected chi connectivity index (χ4v) is 1.64. The van der Waals surface area contributed by atoms with Crippen molar-refractivity contribution in [2.24, 2.45) is 0 Å². The molecule has 0 aromatic carbocycles. The van der Waals surface area contributed by atoms with E-state index < -0.39 is 22.9 Å². The molecule has 0 bridgehead atoms. The Bertz CT molecular complexity index is 284. The highest BCUT2D eigenvalue weighted by atomic mass is 16.5. The Balaban J connectivity index is 3.12. The van der Waals surface area contributed by atoms with Gasteiger partial charge in [0, 0.05) is 6.42 Å². The van der Waals surface area contributed by atoms with E-state index in [1.807, 2.05) is 0 Å². The van der Waals surface area contributed by atoms with Gasteiger partial charge in [0.1, 0.15) is 5.54 Å². The summed E-state index contributed by atoms with van der Waals surface area (Å²) in [6.45, 7) is 6.32. The first-order valence-corrected chi connectivity index (χ1v) is 4.50. The quantitative estimate of drug-likeness (QED) is 0.568. The summed E-state index contributed by atoms with van der Waals surface area (Å²) in [6.07, 6.45) is 0.0334. The van der Waals surface area contributed by atoms with E-state index in [9.17, 15) is 14.8 Å². The number of rotatable bonds is 0. The summed E-state index contributed by atoms with van der Waals surface area (Å²) in [5.74, 6) is -0.936. The average molecular weight is 199 g/mol. The van der Waals surface area contributed by atoms with Gasteiger partial charge in [0.15, 0.2) is 0 Å². The molecule has 0 atom stereocenters. The molecule has 14 heavy (non-hydrogen) atoms. The monoisotopic (exact) mass is 199 g/mol. The minimum Gasteiger partial charge on any atom is -0.295 e. The van der Waals surface area contributed by atoms with E-state index in [1.54, 1.807) is 13.8 Å². The van der Waals surface area contributed by atoms with Gasteiger partial charge in [0.25, 0.3) is 0 Å². The SMILES string of the molecule is CC1(C)CC(=O)NC(=O)C(C)(C)N1[O]. The van der Waals surface area contributed by atoms with E-state index in [2.05, 4.69) is 5.32 Å². The Morgan fingerprint density at radius 1 is 1.21 bits per heavy atom. The Morgan fingerprint density at radius 3 is 2.21 bits per heavy atom. The first-order valence-electron chi connectivity index (χ1n) is 4.50. The maximum absolute atomic E-state index is 11.8. The van der Waals surface area contributed by atoms with Crippen LogP contribution in [0, 0.1) is 0 Å². The summed E-state index contributed by atoms with van der Waals surface area (Å²) >= 11 is 0. The van der Waals surface area contributed by atoms with E-state index in [-0.39, 0.29) is 6.42 Å². The van der Waals surface area contributed by atoms with Crippen molar-refractivity contribution in [3.8, 4) is 0 Å². The molecule has 1 aliphatic heterocycles. The molecule has 1 fully saturated rings. The second-order valence-electron chi connectivity index (χ2n) is 4.72. The summed E-state index contributed by atoms with van der Waals surface area (Å²) in [5, 5.41) is 14.7. The summed E-state index contributed by atoms with van der Waals surface area (Å²) < 4.78 is 0. The third-order valence-electron chi connectivity index (χ3n) is 2.46. The minimum absolute atomic E-state index is 0.0334. The molecule has 1 saturated heterocycles. The molecule has 1 heterocycles. The molecule has 0 saturated carbocycles. The molecule has 1 rings (SSSR count). The molecule has 1 radical (unpaired) electrons. The summed E-state index contributed by atoms with van der Waals surface area (Å²) in [4.78, 5) is 22.7. The first kappa shape index (κ1) is 11.1. The maximum Gasteiger partial charge on any atom is 0.248 e. The van der Waals surface area contributed by atoms with Gasteiger partial charge in [-0.15, -0.1) is 10.3 Å². The number of hydroxylamine groups is 2. The van der Waals surface area contributed by atoms with Gasteiger partial charge in [-0.1, -0.05) is 0 Å². The zero-order valence-corrected chi connectivity index (χ0v) is 8.88. The van der Waals surface area contributed by atoms with Crippen molar-refractivity contribution in [1.29, 1.82) is 0 Å². The van der Waals surface area contributed by atoms with Gasteiger partial charge in [-0.2, -0.15) is 0 Å². The second-order valence-corrected chi connectivity index (χ2v) is 4.72. The van der Waals surface area contributed by atoms with Gasteiger partial charge in [-0.3, -0.25) is 14.9 Å². The van der Waals surface area contributed by atoms with Crippen molar-refractivity contribution >= 4 is 11.8 Å². The van der Waals surface area contributed by atoms with Crippen LogP contribution in [0.25, 0.3) is 0 Å². The smallest absolute Gasteiger partial charge is 0.248 e. The lowest BCUT2D eigenvalue weighted by Gasteiger charge is -2.37. The van der Waals surface area contributed by atoms with E-state index >= 15 is 0 Å². The van der Waals surface area contributed by atoms with Crippen LogP contribution in [-0.2, 0) is 14.8 Å². The molecule has 1 N–H and O–H groups in total. The number of nitrogens with one attached hydrogen (secondary N) is 1. The predicted molar refractivity (Wildman–Crippen MR) is 48.5 cm³/mol. The Kier molecular flexibility index (Phi) is 2.41. The number of hydrogen-bond donors (Lipinski definition) is 1. The molecule has 1 aliphatic rings. The Labute approximate surface area is 83.0 Å². The Morgan fingerprint density at radius 2 is 1.71 bits per heavy atom. The molecule has 0 spiro atoms. The van der Waals surface area contributed by atoms with Crippen LogP contribution in [0.1, 0.15) is 34.1 Å². The summed E-state index contributed by atoms with van der Waals surface area (Å²) in [7, 11) is 0. The Hall–Kier alpha value is -0.940. The number of nitrogens with zero attached hydrogens (tertiary/aromatic N) is 1. The molecule has 0 aromatic rings. The van der Waals surface area contributed by atoms with Crippen LogP contribution in [-0.4, -0.2) is 28.0 Å².